The van der Waals surface area contributed by atoms with Crippen LogP contribution in [0.5, 0.6) is 0 Å². The van der Waals surface area contributed by atoms with Gasteiger partial charge in [-0.2, -0.15) is 13.2 Å². The van der Waals surface area contributed by atoms with Crippen LogP contribution in [0.1, 0.15) is 25.5 Å². The number of nitrogens with zero attached hydrogens (tertiary/aromatic N) is 3. The molecule has 1 aromatic rings. The maximum atomic E-state index is 12.6. The van der Waals surface area contributed by atoms with Gasteiger partial charge in [0.25, 0.3) is 0 Å². The first-order valence-electron chi connectivity index (χ1n) is 6.92. The Morgan fingerprint density at radius 1 is 1.33 bits per heavy atom. The van der Waals surface area contributed by atoms with Gasteiger partial charge in [0.1, 0.15) is 5.82 Å². The van der Waals surface area contributed by atoms with Gasteiger partial charge < -0.3 is 10.2 Å². The fraction of sp³-hybridized carbons (Fsp3) is 0.692. The third-order valence-corrected chi connectivity index (χ3v) is 3.77. The highest BCUT2D eigenvalue weighted by Crippen LogP contribution is 2.29. The van der Waals surface area contributed by atoms with Crippen LogP contribution in [0, 0.1) is 5.92 Å². The van der Waals surface area contributed by atoms with Gasteiger partial charge in [-0.1, -0.05) is 6.92 Å². The summed E-state index contributed by atoms with van der Waals surface area (Å²) in [6.07, 6.45) is -2.19. The Balaban J connectivity index is 1.87. The maximum absolute atomic E-state index is 12.6. The highest BCUT2D eigenvalue weighted by atomic mass is 35.5. The van der Waals surface area contributed by atoms with Crippen LogP contribution < -0.4 is 5.32 Å². The second kappa shape index (κ2) is 6.79. The highest BCUT2D eigenvalue weighted by Gasteiger charge is 2.33. The fourth-order valence-electron chi connectivity index (χ4n) is 2.28. The number of piperidine rings is 1. The molecule has 0 bridgehead atoms. The Labute approximate surface area is 126 Å². The van der Waals surface area contributed by atoms with Crippen LogP contribution in [0.3, 0.4) is 0 Å². The molecule has 2 rings (SSSR count). The monoisotopic (exact) mass is 322 g/mol. The standard InChI is InChI=1S/C13H18ClF3N4/c1-9-2-5-21(6-3-9)7-4-18-11-8-10(13(15,16)17)19-12(14)20-11/h8-9H,2-7H2,1H3,(H,18,19,20). The molecule has 0 unspecified atom stereocenters. The molecule has 21 heavy (non-hydrogen) atoms. The molecule has 8 heteroatoms. The van der Waals surface area contributed by atoms with E-state index < -0.39 is 17.2 Å². The van der Waals surface area contributed by atoms with Crippen molar-refractivity contribution in [1.29, 1.82) is 0 Å². The van der Waals surface area contributed by atoms with Crippen molar-refractivity contribution in [3.05, 3.63) is 17.0 Å². The molecule has 4 nitrogen and oxygen atoms in total. The van der Waals surface area contributed by atoms with E-state index in [0.29, 0.717) is 6.54 Å². The Morgan fingerprint density at radius 3 is 2.62 bits per heavy atom. The van der Waals surface area contributed by atoms with Gasteiger partial charge in [-0.25, -0.2) is 9.97 Å². The number of aromatic nitrogens is 2. The lowest BCUT2D eigenvalue weighted by molar-refractivity contribution is -0.141. The molecule has 0 atom stereocenters. The molecule has 0 spiro atoms. The van der Waals surface area contributed by atoms with Crippen molar-refractivity contribution in [2.75, 3.05) is 31.5 Å². The molecule has 0 aromatic carbocycles. The molecule has 1 aliphatic heterocycles. The third kappa shape index (κ3) is 5.00. The summed E-state index contributed by atoms with van der Waals surface area (Å²) in [7, 11) is 0. The molecule has 1 aromatic heterocycles. The highest BCUT2D eigenvalue weighted by molar-refractivity contribution is 6.28. The second-order valence-corrected chi connectivity index (χ2v) is 5.69. The number of nitrogens with one attached hydrogen (secondary N) is 1. The summed E-state index contributed by atoms with van der Waals surface area (Å²) in [6, 6.07) is 0.879. The molecule has 0 amide bonds. The zero-order valence-electron chi connectivity index (χ0n) is 11.8. The van der Waals surface area contributed by atoms with E-state index >= 15 is 0 Å². The number of anilines is 1. The van der Waals surface area contributed by atoms with Gasteiger partial charge in [0.15, 0.2) is 5.69 Å². The molecule has 1 N–H and O–H groups in total. The van der Waals surface area contributed by atoms with Crippen molar-refractivity contribution in [2.24, 2.45) is 5.92 Å². The predicted octanol–water partition coefficient (Wildman–Crippen LogP) is 3.29. The normalized spacial score (nSPS) is 18.0. The summed E-state index contributed by atoms with van der Waals surface area (Å²) in [5.41, 5.74) is -1.03. The predicted molar refractivity (Wildman–Crippen MR) is 75.4 cm³/mol. The molecule has 118 valence electrons. The van der Waals surface area contributed by atoms with Crippen LogP contribution >= 0.6 is 11.6 Å². The van der Waals surface area contributed by atoms with Crippen LogP contribution in [0.2, 0.25) is 5.28 Å². The molecule has 0 radical (unpaired) electrons. The van der Waals surface area contributed by atoms with Gasteiger partial charge in [-0.05, 0) is 43.5 Å². The Hall–Kier alpha value is -1.08. The summed E-state index contributed by atoms with van der Waals surface area (Å²) in [5.74, 6) is 0.858. The first kappa shape index (κ1) is 16.3. The first-order valence-corrected chi connectivity index (χ1v) is 7.30. The number of rotatable bonds is 4. The number of halogens is 4. The summed E-state index contributed by atoms with van der Waals surface area (Å²) < 4.78 is 37.8. The van der Waals surface area contributed by atoms with Crippen LogP contribution in [0.4, 0.5) is 19.0 Å². The largest absolute Gasteiger partial charge is 0.433 e. The van der Waals surface area contributed by atoms with Gasteiger partial charge in [0, 0.05) is 19.2 Å². The molecular formula is C13H18ClF3N4. The zero-order valence-corrected chi connectivity index (χ0v) is 12.5. The van der Waals surface area contributed by atoms with E-state index in [9.17, 15) is 13.2 Å². The number of alkyl halides is 3. The Kier molecular flexibility index (Phi) is 5.27. The van der Waals surface area contributed by atoms with Crippen molar-refractivity contribution in [1.82, 2.24) is 14.9 Å². The molecule has 1 fully saturated rings. The van der Waals surface area contributed by atoms with Crippen molar-refractivity contribution < 1.29 is 13.2 Å². The lowest BCUT2D eigenvalue weighted by Crippen LogP contribution is -2.36. The number of hydrogen-bond acceptors (Lipinski definition) is 4. The Morgan fingerprint density at radius 2 is 2.00 bits per heavy atom. The first-order chi connectivity index (χ1) is 9.84. The summed E-state index contributed by atoms with van der Waals surface area (Å²) >= 11 is 5.53. The van der Waals surface area contributed by atoms with Gasteiger partial charge in [-0.15, -0.1) is 0 Å². The van der Waals surface area contributed by atoms with Crippen LogP contribution in [0.15, 0.2) is 6.07 Å². The van der Waals surface area contributed by atoms with E-state index in [2.05, 4.69) is 27.1 Å². The lowest BCUT2D eigenvalue weighted by atomic mass is 9.99. The fourth-order valence-corrected chi connectivity index (χ4v) is 2.46. The van der Waals surface area contributed by atoms with E-state index in [1.807, 2.05) is 0 Å². The van der Waals surface area contributed by atoms with Crippen LogP contribution in [0.25, 0.3) is 0 Å². The minimum absolute atomic E-state index is 0.104. The second-order valence-electron chi connectivity index (χ2n) is 5.36. The molecular weight excluding hydrogens is 305 g/mol. The number of hydrogen-bond donors (Lipinski definition) is 1. The van der Waals surface area contributed by atoms with Crippen molar-refractivity contribution in [3.63, 3.8) is 0 Å². The van der Waals surface area contributed by atoms with Crippen molar-refractivity contribution >= 4 is 17.4 Å². The minimum Gasteiger partial charge on any atom is -0.369 e. The molecule has 0 aliphatic carbocycles. The van der Waals surface area contributed by atoms with E-state index in [4.69, 9.17) is 11.6 Å². The SMILES string of the molecule is CC1CCN(CCNc2cc(C(F)(F)F)nc(Cl)n2)CC1. The third-order valence-electron chi connectivity index (χ3n) is 3.60. The maximum Gasteiger partial charge on any atom is 0.433 e. The van der Waals surface area contributed by atoms with Gasteiger partial charge in [0.05, 0.1) is 0 Å². The quantitative estimate of drug-likeness (QED) is 0.864. The van der Waals surface area contributed by atoms with Gasteiger partial charge in [0.2, 0.25) is 5.28 Å². The van der Waals surface area contributed by atoms with Gasteiger partial charge >= 0.3 is 6.18 Å². The molecule has 2 heterocycles. The average molecular weight is 323 g/mol. The zero-order chi connectivity index (χ0) is 15.5. The topological polar surface area (TPSA) is 41.0 Å². The minimum atomic E-state index is -4.52. The average Bonchev–Trinajstić information content (AvgIpc) is 2.39. The summed E-state index contributed by atoms with van der Waals surface area (Å²) in [4.78, 5) is 9.25. The summed E-state index contributed by atoms with van der Waals surface area (Å²) in [5, 5.41) is 2.48. The van der Waals surface area contributed by atoms with Crippen LogP contribution in [-0.2, 0) is 6.18 Å². The smallest absolute Gasteiger partial charge is 0.369 e. The molecule has 0 saturated carbocycles. The van der Waals surface area contributed by atoms with E-state index in [-0.39, 0.29) is 5.82 Å². The van der Waals surface area contributed by atoms with Gasteiger partial charge in [-0.3, -0.25) is 0 Å². The summed E-state index contributed by atoms with van der Waals surface area (Å²) in [6.45, 7) is 5.59. The van der Waals surface area contributed by atoms with Crippen molar-refractivity contribution in [2.45, 2.75) is 25.9 Å². The van der Waals surface area contributed by atoms with Crippen LogP contribution in [-0.4, -0.2) is 41.0 Å². The Bertz CT molecular complexity index is 473. The van der Waals surface area contributed by atoms with E-state index in [1.54, 1.807) is 0 Å². The molecule has 1 aliphatic rings. The van der Waals surface area contributed by atoms with E-state index in [0.717, 1.165) is 44.5 Å². The van der Waals surface area contributed by atoms with E-state index in [1.165, 1.54) is 0 Å². The number of likely N-dealkylation sites (tertiary alicyclic amines) is 1. The molecule has 1 saturated heterocycles. The lowest BCUT2D eigenvalue weighted by Gasteiger charge is -2.30. The van der Waals surface area contributed by atoms with Crippen molar-refractivity contribution in [3.8, 4) is 0 Å².